The molecule has 2 saturated heterocycles. The second-order valence-electron chi connectivity index (χ2n) is 10.9. The summed E-state index contributed by atoms with van der Waals surface area (Å²) < 4.78 is 0. The molecule has 2 aliphatic heterocycles. The molecule has 5 rings (SSSR count). The number of aryl methyl sites for hydroxylation is 2. The summed E-state index contributed by atoms with van der Waals surface area (Å²) in [5.41, 5.74) is 5.39. The molecular formula is C32H35N3O4S. The lowest BCUT2D eigenvalue weighted by atomic mass is 9.91. The predicted molar refractivity (Wildman–Crippen MR) is 157 cm³/mol. The van der Waals surface area contributed by atoms with Crippen molar-refractivity contribution >= 4 is 29.5 Å². The molecule has 7 nitrogen and oxygen atoms in total. The third kappa shape index (κ3) is 5.02. The summed E-state index contributed by atoms with van der Waals surface area (Å²) in [6.07, 6.45) is -1.25. The van der Waals surface area contributed by atoms with Crippen molar-refractivity contribution in [2.45, 2.75) is 63.7 Å². The lowest BCUT2D eigenvalue weighted by molar-refractivity contribution is -0.168. The van der Waals surface area contributed by atoms with Gasteiger partial charge in [-0.3, -0.25) is 14.4 Å². The molecule has 3 amide bonds. The summed E-state index contributed by atoms with van der Waals surface area (Å²) in [6, 6.07) is 21.4. The Morgan fingerprint density at radius 3 is 2.40 bits per heavy atom. The molecule has 3 aromatic rings. The maximum atomic E-state index is 13.8. The van der Waals surface area contributed by atoms with Gasteiger partial charge in [0.25, 0.3) is 11.8 Å². The number of thioether (sulfide) groups is 1. The number of benzene rings is 3. The van der Waals surface area contributed by atoms with Crippen molar-refractivity contribution in [2.75, 3.05) is 5.88 Å². The van der Waals surface area contributed by atoms with E-state index in [1.807, 2.05) is 99.3 Å². The third-order valence-electron chi connectivity index (χ3n) is 8.32. The molecule has 208 valence electrons. The summed E-state index contributed by atoms with van der Waals surface area (Å²) in [5, 5.41) is 14.3. The quantitative estimate of drug-likeness (QED) is 0.409. The van der Waals surface area contributed by atoms with E-state index in [2.05, 4.69) is 5.32 Å². The van der Waals surface area contributed by atoms with Crippen LogP contribution in [0.4, 0.5) is 0 Å². The van der Waals surface area contributed by atoms with Gasteiger partial charge in [-0.15, -0.1) is 11.8 Å². The number of carbonyl (C=O) groups excluding carboxylic acids is 3. The van der Waals surface area contributed by atoms with Crippen LogP contribution in [0.15, 0.2) is 72.8 Å². The molecule has 2 unspecified atom stereocenters. The number of carbonyl (C=O) groups is 3. The van der Waals surface area contributed by atoms with Gasteiger partial charge in [-0.1, -0.05) is 66.7 Å². The number of fused-ring (bicyclic) bond motifs is 1. The number of amides is 3. The van der Waals surface area contributed by atoms with Crippen LogP contribution in [0.2, 0.25) is 0 Å². The van der Waals surface area contributed by atoms with Crippen LogP contribution in [-0.4, -0.2) is 61.6 Å². The highest BCUT2D eigenvalue weighted by Gasteiger charge is 2.65. The molecule has 8 heteroatoms. The highest BCUT2D eigenvalue weighted by molar-refractivity contribution is 8.01. The summed E-state index contributed by atoms with van der Waals surface area (Å²) in [4.78, 5) is 43.2. The average molecular weight is 558 g/mol. The van der Waals surface area contributed by atoms with E-state index in [4.69, 9.17) is 0 Å². The maximum absolute atomic E-state index is 13.8. The highest BCUT2D eigenvalue weighted by Crippen LogP contribution is 2.51. The van der Waals surface area contributed by atoms with Gasteiger partial charge in [-0.25, -0.2) is 0 Å². The molecule has 2 heterocycles. The SMILES string of the molecule is Cc1ccccc1CN1C(=O)[C@H]2N(C(=O)[C@@H](O)C(Cc3ccccc3)NC(=O)c3cccc(C)c3C)CSC21C. The molecule has 0 spiro atoms. The van der Waals surface area contributed by atoms with Gasteiger partial charge in [0, 0.05) is 12.1 Å². The number of rotatable bonds is 8. The van der Waals surface area contributed by atoms with Gasteiger partial charge in [0.2, 0.25) is 5.91 Å². The molecule has 0 saturated carbocycles. The Hall–Kier alpha value is -3.62. The van der Waals surface area contributed by atoms with E-state index in [1.165, 1.54) is 16.7 Å². The molecule has 4 atom stereocenters. The number of nitrogens with one attached hydrogen (secondary N) is 1. The van der Waals surface area contributed by atoms with Gasteiger partial charge in [0.1, 0.15) is 10.9 Å². The topological polar surface area (TPSA) is 90.0 Å². The van der Waals surface area contributed by atoms with Gasteiger partial charge in [-0.2, -0.15) is 0 Å². The van der Waals surface area contributed by atoms with Gasteiger partial charge < -0.3 is 20.2 Å². The molecule has 2 N–H and O–H groups in total. The minimum absolute atomic E-state index is 0.129. The van der Waals surface area contributed by atoms with Crippen LogP contribution < -0.4 is 5.32 Å². The second kappa shape index (κ2) is 11.1. The van der Waals surface area contributed by atoms with E-state index < -0.39 is 29.0 Å². The van der Waals surface area contributed by atoms with E-state index in [9.17, 15) is 19.5 Å². The average Bonchev–Trinajstić information content (AvgIpc) is 3.26. The molecular weight excluding hydrogens is 522 g/mol. The Bertz CT molecular complexity index is 1450. The molecule has 0 aromatic heterocycles. The largest absolute Gasteiger partial charge is 0.381 e. The van der Waals surface area contributed by atoms with Crippen LogP contribution in [0, 0.1) is 20.8 Å². The fourth-order valence-electron chi connectivity index (χ4n) is 5.61. The van der Waals surface area contributed by atoms with Crippen LogP contribution in [0.5, 0.6) is 0 Å². The minimum atomic E-state index is -1.52. The van der Waals surface area contributed by atoms with Crippen molar-refractivity contribution in [3.05, 3.63) is 106 Å². The Labute approximate surface area is 239 Å². The van der Waals surface area contributed by atoms with Crippen molar-refractivity contribution in [3.63, 3.8) is 0 Å². The number of nitrogens with zero attached hydrogens (tertiary/aromatic N) is 2. The number of β-lactam (4-membered cyclic amide) rings is 1. The fraction of sp³-hybridized carbons (Fsp3) is 0.344. The van der Waals surface area contributed by atoms with Crippen LogP contribution >= 0.6 is 11.8 Å². The second-order valence-corrected chi connectivity index (χ2v) is 12.2. The Morgan fingerprint density at radius 1 is 1.00 bits per heavy atom. The first-order valence-corrected chi connectivity index (χ1v) is 14.5. The lowest BCUT2D eigenvalue weighted by Gasteiger charge is -2.53. The number of aliphatic hydroxyl groups is 1. The zero-order valence-corrected chi connectivity index (χ0v) is 24.1. The van der Waals surface area contributed by atoms with Crippen molar-refractivity contribution in [2.24, 2.45) is 0 Å². The van der Waals surface area contributed by atoms with Crippen LogP contribution in [0.1, 0.15) is 45.1 Å². The number of hydrogen-bond donors (Lipinski definition) is 2. The van der Waals surface area contributed by atoms with Gasteiger partial charge in [0.15, 0.2) is 6.10 Å². The first-order valence-electron chi connectivity index (χ1n) is 13.5. The van der Waals surface area contributed by atoms with Crippen molar-refractivity contribution in [3.8, 4) is 0 Å². The van der Waals surface area contributed by atoms with Gasteiger partial charge in [-0.05, 0) is 68.0 Å². The molecule has 40 heavy (non-hydrogen) atoms. The number of hydrogen-bond acceptors (Lipinski definition) is 5. The molecule has 2 fully saturated rings. The molecule has 0 radical (unpaired) electrons. The van der Waals surface area contributed by atoms with Crippen molar-refractivity contribution in [1.82, 2.24) is 15.1 Å². The monoisotopic (exact) mass is 557 g/mol. The van der Waals surface area contributed by atoms with Crippen LogP contribution in [-0.2, 0) is 22.6 Å². The zero-order chi connectivity index (χ0) is 28.6. The Balaban J connectivity index is 1.35. The van der Waals surface area contributed by atoms with E-state index in [-0.39, 0.29) is 24.1 Å². The van der Waals surface area contributed by atoms with Crippen LogP contribution in [0.3, 0.4) is 0 Å². The third-order valence-corrected chi connectivity index (χ3v) is 9.76. The predicted octanol–water partition coefficient (Wildman–Crippen LogP) is 3.97. The molecule has 0 bridgehead atoms. The first kappa shape index (κ1) is 27.9. The van der Waals surface area contributed by atoms with Crippen LogP contribution in [0.25, 0.3) is 0 Å². The Morgan fingerprint density at radius 2 is 1.68 bits per heavy atom. The van der Waals surface area contributed by atoms with Gasteiger partial charge in [0.05, 0.1) is 11.9 Å². The smallest absolute Gasteiger partial charge is 0.255 e. The van der Waals surface area contributed by atoms with E-state index in [0.29, 0.717) is 12.1 Å². The number of aliphatic hydroxyl groups excluding tert-OH is 1. The summed E-state index contributed by atoms with van der Waals surface area (Å²) >= 11 is 1.53. The standard InChI is InChI=1S/C32H35N3O4S/c1-20-12-10-16-25(22(20)3)29(37)33-26(17-23-13-6-5-7-14-23)27(36)30(38)34-19-40-32(4)28(34)31(39)35(32)18-24-15-9-8-11-21(24)2/h5-16,26-28,36H,17-19H2,1-4H3,(H,33,37)/t26?,27-,28+,32?/m0/s1. The Kier molecular flexibility index (Phi) is 7.75. The summed E-state index contributed by atoms with van der Waals surface area (Å²) in [6.45, 7) is 8.29. The molecule has 0 aliphatic carbocycles. The van der Waals surface area contributed by atoms with Gasteiger partial charge >= 0.3 is 0 Å². The lowest BCUT2D eigenvalue weighted by Crippen LogP contribution is -2.73. The molecule has 3 aromatic carbocycles. The first-order chi connectivity index (χ1) is 19.1. The normalized spacial score (nSPS) is 21.4. The summed E-state index contributed by atoms with van der Waals surface area (Å²) in [7, 11) is 0. The highest BCUT2D eigenvalue weighted by atomic mass is 32.2. The minimum Gasteiger partial charge on any atom is -0.381 e. The van der Waals surface area contributed by atoms with E-state index in [0.717, 1.165) is 27.8 Å². The van der Waals surface area contributed by atoms with E-state index in [1.54, 1.807) is 6.07 Å². The molecule has 2 aliphatic rings. The van der Waals surface area contributed by atoms with E-state index >= 15 is 0 Å². The zero-order valence-electron chi connectivity index (χ0n) is 23.3. The van der Waals surface area contributed by atoms with Crippen molar-refractivity contribution in [1.29, 1.82) is 0 Å². The summed E-state index contributed by atoms with van der Waals surface area (Å²) in [5.74, 6) is -0.739. The maximum Gasteiger partial charge on any atom is 0.255 e. The van der Waals surface area contributed by atoms with Crippen molar-refractivity contribution < 1.29 is 19.5 Å². The fourth-order valence-corrected chi connectivity index (χ4v) is 6.98. The number of likely N-dealkylation sites (tertiary alicyclic amines) is 1.